The van der Waals surface area contributed by atoms with Crippen LogP contribution in [-0.4, -0.2) is 136 Å². The summed E-state index contributed by atoms with van der Waals surface area (Å²) in [7, 11) is 25.5. The number of carbonyl (C=O) groups excluding carboxylic acids is 3. The number of phenolic OH excluding ortho intramolecular Hbond substituents is 1. The van der Waals surface area contributed by atoms with Crippen LogP contribution in [0, 0.1) is 90.0 Å². The second-order valence-corrected chi connectivity index (χ2v) is 30.7. The second-order valence-electron chi connectivity index (χ2n) is 30.7. The molecule has 0 aliphatic heterocycles. The van der Waals surface area contributed by atoms with Crippen LogP contribution in [0.25, 0.3) is 0 Å². The van der Waals surface area contributed by atoms with Gasteiger partial charge < -0.3 is 80.9 Å². The summed E-state index contributed by atoms with van der Waals surface area (Å²) in [6.45, 7) is 32.4. The van der Waals surface area contributed by atoms with Crippen LogP contribution in [0.1, 0.15) is 124 Å². The summed E-state index contributed by atoms with van der Waals surface area (Å²) < 4.78 is 80.0. The molecule has 0 fully saturated rings. The zero-order chi connectivity index (χ0) is 104. The van der Waals surface area contributed by atoms with Crippen molar-refractivity contribution in [1.82, 2.24) is 0 Å². The monoisotopic (exact) mass is 1900 g/mol. The fraction of sp³-hybridized carbons (Fsp3) is 0.269. The van der Waals surface area contributed by atoms with Crippen LogP contribution in [0.15, 0.2) is 309 Å². The quantitative estimate of drug-likeness (QED) is 0.0744. The normalized spacial score (nSPS) is 9.27. The molecule has 1 N–H and O–H groups in total. The van der Waals surface area contributed by atoms with Gasteiger partial charge in [0.05, 0.1) is 114 Å². The van der Waals surface area contributed by atoms with Crippen molar-refractivity contribution in [3.05, 3.63) is 398 Å². The first-order chi connectivity index (χ1) is 66.5. The zero-order valence-electron chi connectivity index (χ0n) is 87.6. The van der Waals surface area contributed by atoms with Crippen molar-refractivity contribution in [1.29, 1.82) is 0 Å². The molecule has 20 nitrogen and oxygen atoms in total. The lowest BCUT2D eigenvalue weighted by molar-refractivity contribution is 0.100. The van der Waals surface area contributed by atoms with E-state index in [1.54, 1.807) is 140 Å². The van der Waals surface area contributed by atoms with Crippen LogP contribution in [0.5, 0.6) is 97.7 Å². The van der Waals surface area contributed by atoms with Crippen molar-refractivity contribution in [2.24, 2.45) is 0 Å². The van der Waals surface area contributed by atoms with E-state index >= 15 is 0 Å². The van der Waals surface area contributed by atoms with Gasteiger partial charge in [-0.15, -0.1) is 0 Å². The van der Waals surface area contributed by atoms with Crippen LogP contribution < -0.4 is 75.8 Å². The average Bonchev–Trinajstić information content (AvgIpc) is 0.881. The minimum absolute atomic E-state index is 0.0470. The molecule has 0 bridgehead atoms. The SMILES string of the molecule is CC(=O)c1ccccc1.COc1cc(C(C)=O)cc(OC)c1OC.COc1cc(O)cc(OC)c1.COc1cc(OC)cc(OC)c1.COc1ccc(OC)cc1.COc1cccc(C(C)=O)c1.COc1cccc(OC)c1.COc1ccccc1.COc1ccccc1OC.Cc1cc(C)c(C)c(C)c1C.Cc1cc(C)cc(C)c1.Cc1ccc(C)cc1.Cc1cccc(C)c1.Cc1ccccc1. The number of phenols is 1. The van der Waals surface area contributed by atoms with Crippen molar-refractivity contribution < 1.29 is 95.3 Å². The summed E-state index contributed by atoms with van der Waals surface area (Å²) >= 11 is 0. The Morgan fingerprint density at radius 3 is 0.712 bits per heavy atom. The van der Waals surface area contributed by atoms with E-state index in [9.17, 15) is 14.4 Å². The number of rotatable bonds is 19. The van der Waals surface area contributed by atoms with Gasteiger partial charge in [0.25, 0.3) is 0 Å². The molecule has 14 rings (SSSR count). The Balaban J connectivity index is 0.000000751. The zero-order valence-corrected chi connectivity index (χ0v) is 87.6. The van der Waals surface area contributed by atoms with Gasteiger partial charge in [-0.2, -0.15) is 0 Å². The van der Waals surface area contributed by atoms with Crippen molar-refractivity contribution in [3.8, 4) is 97.7 Å². The van der Waals surface area contributed by atoms with Crippen LogP contribution in [-0.2, 0) is 0 Å². The predicted molar refractivity (Wildman–Crippen MR) is 568 cm³/mol. The molecule has 0 aromatic heterocycles. The lowest BCUT2D eigenvalue weighted by Crippen LogP contribution is -1.99. The van der Waals surface area contributed by atoms with Crippen LogP contribution >= 0.6 is 0 Å². The van der Waals surface area contributed by atoms with Crippen molar-refractivity contribution in [2.75, 3.05) is 114 Å². The van der Waals surface area contributed by atoms with E-state index in [-0.39, 0.29) is 23.1 Å². The molecule has 0 radical (unpaired) electrons. The molecule has 0 spiro atoms. The minimum Gasteiger partial charge on any atom is -0.508 e. The number of para-hydroxylation sites is 3. The van der Waals surface area contributed by atoms with Crippen LogP contribution in [0.4, 0.5) is 0 Å². The number of Topliss-reactive ketones (excluding diaryl/α,β-unsaturated/α-hetero) is 3. The molecule has 0 atom stereocenters. The molecule has 14 aromatic carbocycles. The summed E-state index contributed by atoms with van der Waals surface area (Å²) in [4.78, 5) is 32.7. The molecule has 744 valence electrons. The molecule has 0 heterocycles. The average molecular weight is 1900 g/mol. The van der Waals surface area contributed by atoms with Crippen LogP contribution in [0.2, 0.25) is 0 Å². The van der Waals surface area contributed by atoms with Crippen LogP contribution in [0.3, 0.4) is 0 Å². The highest BCUT2D eigenvalue weighted by Gasteiger charge is 2.15. The standard InChI is InChI=1S/C11H14O4.C11H16.C9H12O3.C9H10O2.C9H12.C8H10O3.3C8H10O2.C8H8O.2C8H10.C7H8O.C7H8/c1-7(12)8-5-9(13-2)11(15-4)10(6-8)14-3;1-7-6-8(2)10(4)11(5)9(7)3;1-10-7-4-8(11-2)6-9(5-7)12-3;1-7(10)8-4-3-5-9(6-8)11-2;1-7-4-8(2)6-9(3)5-7;1-10-7-3-6(9)4-8(5-7)11-2;1-9-7-3-5-8(10-2)6-4-7;1-9-7-4-3-5-8(6-7)10-2;1-9-7-5-3-4-6-8(7)10-2;1-7(9)8-5-3-2-4-6-8;1-7-3-5-8(2)6-4-7;1-7-4-3-5-8(2)6-7;1-8-7-5-3-2-4-6-7;1-7-5-3-2-4-6-7/h5-6H,1-4H3;6H,1-5H3;4-6H,1-3H3;3-6H,1-2H3;4-6H,1-3H3;3-5,9H,1-2H3;3*3-6H,1-2H3;2-6H,1H3;2*3-6H,1-2H3;2-6H,1H3;2-6H,1H3. The first-order valence-corrected chi connectivity index (χ1v) is 44.5. The van der Waals surface area contributed by atoms with E-state index in [0.29, 0.717) is 39.9 Å². The number of hydrogen-bond acceptors (Lipinski definition) is 20. The third-order valence-electron chi connectivity index (χ3n) is 19.9. The summed E-state index contributed by atoms with van der Waals surface area (Å²) in [5.74, 6) is 11.6. The Labute approximate surface area is 828 Å². The molecule has 0 aliphatic rings. The maximum absolute atomic E-state index is 11.2. The predicted octanol–water partition coefficient (Wildman–Crippen LogP) is 28.1. The molecule has 0 saturated carbocycles. The number of aryl methyl sites for hydroxylation is 10. The number of hydrogen-bond donors (Lipinski definition) is 1. The Kier molecular flexibility index (Phi) is 62.4. The Bertz CT molecular complexity index is 5460. The first-order valence-electron chi connectivity index (χ1n) is 44.5. The van der Waals surface area contributed by atoms with E-state index in [0.717, 1.165) is 68.8 Å². The van der Waals surface area contributed by atoms with E-state index in [1.807, 2.05) is 158 Å². The number of ketones is 3. The molecule has 20 heteroatoms. The van der Waals surface area contributed by atoms with Gasteiger partial charge in [0, 0.05) is 59.2 Å². The minimum atomic E-state index is -0.0470. The highest BCUT2D eigenvalue weighted by atomic mass is 16.5. The van der Waals surface area contributed by atoms with Gasteiger partial charge in [0.2, 0.25) is 5.75 Å². The molecule has 0 aliphatic carbocycles. The molecule has 0 unspecified atom stereocenters. The number of methoxy groups -OCH3 is 16. The smallest absolute Gasteiger partial charge is 0.203 e. The van der Waals surface area contributed by atoms with Crippen molar-refractivity contribution in [3.63, 3.8) is 0 Å². The number of ether oxygens (including phenoxy) is 16. The van der Waals surface area contributed by atoms with Gasteiger partial charge in [-0.1, -0.05) is 226 Å². The van der Waals surface area contributed by atoms with E-state index < -0.39 is 0 Å². The molecular formula is C119H148O20. The van der Waals surface area contributed by atoms with E-state index in [1.165, 1.54) is 134 Å². The molecule has 0 saturated heterocycles. The number of benzene rings is 14. The topological polar surface area (TPSA) is 219 Å². The van der Waals surface area contributed by atoms with Crippen molar-refractivity contribution in [2.45, 2.75) is 111 Å². The van der Waals surface area contributed by atoms with Gasteiger partial charge in [-0.05, 0) is 224 Å². The summed E-state index contributed by atoms with van der Waals surface area (Å²) in [5.41, 5.74) is 19.8. The number of carbonyl (C=O) groups is 3. The van der Waals surface area contributed by atoms with E-state index in [2.05, 4.69) is 175 Å². The molecule has 139 heavy (non-hydrogen) atoms. The lowest BCUT2D eigenvalue weighted by Gasteiger charge is -2.12. The first kappa shape index (κ1) is 122. The molecular weight excluding hydrogens is 1750 g/mol. The number of aromatic hydroxyl groups is 1. The maximum atomic E-state index is 11.2. The van der Waals surface area contributed by atoms with Crippen molar-refractivity contribution >= 4 is 17.3 Å². The third-order valence-corrected chi connectivity index (χ3v) is 19.9. The fourth-order valence-electron chi connectivity index (χ4n) is 11.9. The fourth-order valence-corrected chi connectivity index (χ4v) is 11.9. The third kappa shape index (κ3) is 51.8. The Morgan fingerprint density at radius 1 is 0.180 bits per heavy atom. The second kappa shape index (κ2) is 71.2. The van der Waals surface area contributed by atoms with Gasteiger partial charge in [0.15, 0.2) is 40.3 Å². The van der Waals surface area contributed by atoms with Gasteiger partial charge in [0.1, 0.15) is 69.0 Å². The maximum Gasteiger partial charge on any atom is 0.203 e. The Morgan fingerprint density at radius 2 is 0.432 bits per heavy atom. The summed E-state index contributed by atoms with van der Waals surface area (Å²) in [5, 5.41) is 9.10. The van der Waals surface area contributed by atoms with E-state index in [4.69, 9.17) is 80.9 Å². The van der Waals surface area contributed by atoms with Gasteiger partial charge in [-0.3, -0.25) is 14.4 Å². The highest BCUT2D eigenvalue weighted by molar-refractivity contribution is 5.96. The summed E-state index contributed by atoms with van der Waals surface area (Å²) in [6.07, 6.45) is 0. The lowest BCUT2D eigenvalue weighted by atomic mass is 9.96. The Hall–Kier alpha value is -15.3. The highest BCUT2D eigenvalue weighted by Crippen LogP contribution is 2.39. The molecule has 0 amide bonds. The summed E-state index contributed by atoms with van der Waals surface area (Å²) in [6, 6.07) is 97.8. The van der Waals surface area contributed by atoms with Gasteiger partial charge >= 0.3 is 0 Å². The largest absolute Gasteiger partial charge is 0.508 e. The van der Waals surface area contributed by atoms with Gasteiger partial charge in [-0.25, -0.2) is 0 Å². The molecule has 14 aromatic rings.